The van der Waals surface area contributed by atoms with Gasteiger partial charge in [-0.3, -0.25) is 9.78 Å². The van der Waals surface area contributed by atoms with Crippen LogP contribution in [0.3, 0.4) is 0 Å². The van der Waals surface area contributed by atoms with Crippen LogP contribution in [0.25, 0.3) is 0 Å². The van der Waals surface area contributed by atoms with Crippen molar-refractivity contribution >= 4 is 11.6 Å². The minimum absolute atomic E-state index is 0.0817. The van der Waals surface area contributed by atoms with Gasteiger partial charge in [0.05, 0.1) is 11.3 Å². The van der Waals surface area contributed by atoms with Crippen LogP contribution >= 0.6 is 0 Å². The molecular weight excluding hydrogens is 336 g/mol. The molecule has 132 valence electrons. The highest BCUT2D eigenvalue weighted by Gasteiger charge is 2.09. The van der Waals surface area contributed by atoms with Crippen LogP contribution in [-0.4, -0.2) is 10.9 Å². The molecular formula is C20H17F2N3O. The molecule has 2 aromatic carbocycles. The Bertz CT molecular complexity index is 915. The number of hydrogen-bond acceptors (Lipinski definition) is 3. The summed E-state index contributed by atoms with van der Waals surface area (Å²) in [7, 11) is 0. The third-order valence-electron chi connectivity index (χ3n) is 3.84. The van der Waals surface area contributed by atoms with Gasteiger partial charge >= 0.3 is 0 Å². The van der Waals surface area contributed by atoms with Crippen LogP contribution in [-0.2, 0) is 13.1 Å². The van der Waals surface area contributed by atoms with Crippen LogP contribution < -0.4 is 10.6 Å². The number of aromatic nitrogens is 1. The number of nitrogens with zero attached hydrogens (tertiary/aromatic N) is 1. The first kappa shape index (κ1) is 17.5. The fraction of sp³-hybridized carbons (Fsp3) is 0.100. The monoisotopic (exact) mass is 353 g/mol. The van der Waals surface area contributed by atoms with Crippen molar-refractivity contribution in [2.24, 2.45) is 0 Å². The number of amides is 1. The number of hydrogen-bond donors (Lipinski definition) is 2. The van der Waals surface area contributed by atoms with E-state index >= 15 is 0 Å². The Balaban J connectivity index is 1.62. The van der Waals surface area contributed by atoms with Crippen LogP contribution in [0.2, 0.25) is 0 Å². The average Bonchev–Trinajstić information content (AvgIpc) is 2.67. The molecule has 26 heavy (non-hydrogen) atoms. The standard InChI is InChI=1S/C20H17F2N3O/c21-18-7-3-1-5-14(18)11-24-17-9-16(10-23-13-17)20(26)25-12-15-6-2-4-8-19(15)22/h1-10,13,24H,11-12H2,(H,25,26). The fourth-order valence-electron chi connectivity index (χ4n) is 2.42. The molecule has 0 spiro atoms. The maximum absolute atomic E-state index is 13.6. The van der Waals surface area contributed by atoms with Crippen molar-refractivity contribution in [2.75, 3.05) is 5.32 Å². The molecule has 0 aliphatic carbocycles. The second-order valence-corrected chi connectivity index (χ2v) is 5.68. The van der Waals surface area contributed by atoms with E-state index in [4.69, 9.17) is 0 Å². The number of nitrogens with one attached hydrogen (secondary N) is 2. The predicted molar refractivity (Wildman–Crippen MR) is 95.5 cm³/mol. The smallest absolute Gasteiger partial charge is 0.253 e. The van der Waals surface area contributed by atoms with Gasteiger partial charge in [-0.25, -0.2) is 8.78 Å². The molecule has 0 bridgehead atoms. The zero-order valence-electron chi connectivity index (χ0n) is 13.9. The van der Waals surface area contributed by atoms with E-state index in [1.165, 1.54) is 18.3 Å². The van der Waals surface area contributed by atoms with Gasteiger partial charge in [0, 0.05) is 36.6 Å². The highest BCUT2D eigenvalue weighted by atomic mass is 19.1. The van der Waals surface area contributed by atoms with Crippen molar-refractivity contribution in [3.8, 4) is 0 Å². The van der Waals surface area contributed by atoms with Gasteiger partial charge in [-0.05, 0) is 18.2 Å². The maximum Gasteiger partial charge on any atom is 0.253 e. The summed E-state index contributed by atoms with van der Waals surface area (Å²) in [6, 6.07) is 14.3. The summed E-state index contributed by atoms with van der Waals surface area (Å²) >= 11 is 0. The lowest BCUT2D eigenvalue weighted by atomic mass is 10.2. The molecule has 0 saturated heterocycles. The van der Waals surface area contributed by atoms with E-state index in [0.29, 0.717) is 22.4 Å². The summed E-state index contributed by atoms with van der Waals surface area (Å²) in [6.45, 7) is 0.354. The van der Waals surface area contributed by atoms with Crippen molar-refractivity contribution in [2.45, 2.75) is 13.1 Å². The maximum atomic E-state index is 13.6. The first-order valence-electron chi connectivity index (χ1n) is 8.07. The van der Waals surface area contributed by atoms with Crippen molar-refractivity contribution in [1.82, 2.24) is 10.3 Å². The molecule has 0 atom stereocenters. The Kier molecular flexibility index (Phi) is 5.53. The third-order valence-corrected chi connectivity index (χ3v) is 3.84. The van der Waals surface area contributed by atoms with Crippen LogP contribution in [0.1, 0.15) is 21.5 Å². The van der Waals surface area contributed by atoms with Gasteiger partial charge in [-0.2, -0.15) is 0 Å². The lowest BCUT2D eigenvalue weighted by Crippen LogP contribution is -2.23. The number of halogens is 2. The summed E-state index contributed by atoms with van der Waals surface area (Å²) in [5.74, 6) is -1.03. The molecule has 3 rings (SSSR count). The molecule has 1 aromatic heterocycles. The lowest BCUT2D eigenvalue weighted by Gasteiger charge is -2.09. The molecule has 0 radical (unpaired) electrons. The van der Waals surface area contributed by atoms with E-state index < -0.39 is 0 Å². The van der Waals surface area contributed by atoms with Crippen LogP contribution in [0.5, 0.6) is 0 Å². The number of carbonyl (C=O) groups excluding carboxylic acids is 1. The summed E-state index contributed by atoms with van der Waals surface area (Å²) in [5.41, 5.74) is 1.84. The van der Waals surface area contributed by atoms with E-state index in [-0.39, 0.29) is 30.6 Å². The molecule has 4 nitrogen and oxygen atoms in total. The molecule has 0 saturated carbocycles. The molecule has 0 unspecified atom stereocenters. The second kappa shape index (κ2) is 8.20. The van der Waals surface area contributed by atoms with Gasteiger partial charge < -0.3 is 10.6 Å². The van der Waals surface area contributed by atoms with E-state index in [1.54, 1.807) is 48.7 Å². The zero-order chi connectivity index (χ0) is 18.4. The van der Waals surface area contributed by atoms with E-state index in [0.717, 1.165) is 0 Å². The Morgan fingerprint density at radius 2 is 1.50 bits per heavy atom. The third kappa shape index (κ3) is 4.42. The topological polar surface area (TPSA) is 54.0 Å². The molecule has 0 fully saturated rings. The fourth-order valence-corrected chi connectivity index (χ4v) is 2.42. The number of pyridine rings is 1. The largest absolute Gasteiger partial charge is 0.380 e. The summed E-state index contributed by atoms with van der Waals surface area (Å²) in [5, 5.41) is 5.70. The normalized spacial score (nSPS) is 10.4. The quantitative estimate of drug-likeness (QED) is 0.707. The van der Waals surface area contributed by atoms with Gasteiger partial charge in [-0.1, -0.05) is 36.4 Å². The Labute approximate surface area is 149 Å². The minimum atomic E-state index is -0.369. The predicted octanol–water partition coefficient (Wildman–Crippen LogP) is 3.90. The first-order valence-corrected chi connectivity index (χ1v) is 8.07. The second-order valence-electron chi connectivity index (χ2n) is 5.68. The Morgan fingerprint density at radius 1 is 0.885 bits per heavy atom. The molecule has 1 heterocycles. The highest BCUT2D eigenvalue weighted by molar-refractivity contribution is 5.94. The van der Waals surface area contributed by atoms with Gasteiger partial charge in [0.2, 0.25) is 0 Å². The first-order chi connectivity index (χ1) is 12.6. The van der Waals surface area contributed by atoms with Gasteiger partial charge in [-0.15, -0.1) is 0 Å². The van der Waals surface area contributed by atoms with Crippen LogP contribution in [0.15, 0.2) is 67.0 Å². The van der Waals surface area contributed by atoms with Gasteiger partial charge in [0.1, 0.15) is 11.6 Å². The number of carbonyl (C=O) groups is 1. The summed E-state index contributed by atoms with van der Waals surface area (Å²) in [4.78, 5) is 16.3. The Morgan fingerprint density at radius 3 is 2.15 bits per heavy atom. The van der Waals surface area contributed by atoms with Crippen molar-refractivity contribution in [3.05, 3.63) is 95.3 Å². The molecule has 1 amide bonds. The zero-order valence-corrected chi connectivity index (χ0v) is 13.9. The molecule has 0 aliphatic rings. The van der Waals surface area contributed by atoms with Crippen molar-refractivity contribution in [3.63, 3.8) is 0 Å². The summed E-state index contributed by atoms with van der Waals surface area (Å²) < 4.78 is 27.2. The van der Waals surface area contributed by atoms with Gasteiger partial charge in [0.25, 0.3) is 5.91 Å². The van der Waals surface area contributed by atoms with Crippen molar-refractivity contribution < 1.29 is 13.6 Å². The highest BCUT2D eigenvalue weighted by Crippen LogP contribution is 2.13. The van der Waals surface area contributed by atoms with E-state index in [1.807, 2.05) is 0 Å². The van der Waals surface area contributed by atoms with Crippen LogP contribution in [0, 0.1) is 11.6 Å². The summed E-state index contributed by atoms with van der Waals surface area (Å²) in [6.07, 6.45) is 2.97. The van der Waals surface area contributed by atoms with Gasteiger partial charge in [0.15, 0.2) is 0 Å². The number of anilines is 1. The van der Waals surface area contributed by atoms with Crippen LogP contribution in [0.4, 0.5) is 14.5 Å². The average molecular weight is 353 g/mol. The SMILES string of the molecule is O=C(NCc1ccccc1F)c1cncc(NCc2ccccc2F)c1. The lowest BCUT2D eigenvalue weighted by molar-refractivity contribution is 0.0950. The van der Waals surface area contributed by atoms with E-state index in [9.17, 15) is 13.6 Å². The van der Waals surface area contributed by atoms with E-state index in [2.05, 4.69) is 15.6 Å². The number of rotatable bonds is 6. The van der Waals surface area contributed by atoms with Crippen molar-refractivity contribution in [1.29, 1.82) is 0 Å². The molecule has 0 aliphatic heterocycles. The molecule has 2 N–H and O–H groups in total. The molecule has 6 heteroatoms. The molecule has 3 aromatic rings. The minimum Gasteiger partial charge on any atom is -0.380 e. The number of benzene rings is 2. The Hall–Kier alpha value is -3.28.